The van der Waals surface area contributed by atoms with Crippen molar-refractivity contribution in [3.63, 3.8) is 0 Å². The Labute approximate surface area is 158 Å². The number of aromatic nitrogens is 3. The third-order valence-electron chi connectivity index (χ3n) is 5.56. The first kappa shape index (κ1) is 17.7. The second-order valence-corrected chi connectivity index (χ2v) is 7.32. The van der Waals surface area contributed by atoms with E-state index in [1.165, 1.54) is 0 Å². The van der Waals surface area contributed by atoms with E-state index in [1.54, 1.807) is 29.0 Å². The minimum Gasteiger partial charge on any atom is -0.480 e. The molecule has 0 radical (unpaired) electrons. The van der Waals surface area contributed by atoms with Crippen molar-refractivity contribution in [2.75, 3.05) is 20.2 Å². The Morgan fingerprint density at radius 1 is 1.26 bits per heavy atom. The van der Waals surface area contributed by atoms with Gasteiger partial charge in [0, 0.05) is 44.1 Å². The van der Waals surface area contributed by atoms with Gasteiger partial charge in [-0.05, 0) is 43.7 Å². The van der Waals surface area contributed by atoms with Crippen molar-refractivity contribution in [2.24, 2.45) is 13.0 Å². The lowest BCUT2D eigenvalue weighted by Gasteiger charge is -2.32. The Bertz CT molecular complexity index is 889. The molecule has 7 heteroatoms. The van der Waals surface area contributed by atoms with Gasteiger partial charge in [0.15, 0.2) is 5.82 Å². The fraction of sp³-hybridized carbons (Fsp3) is 0.500. The summed E-state index contributed by atoms with van der Waals surface area (Å²) in [6.07, 6.45) is 7.91. The minimum absolute atomic E-state index is 0.000886. The van der Waals surface area contributed by atoms with Gasteiger partial charge in [-0.1, -0.05) is 0 Å². The van der Waals surface area contributed by atoms with Crippen LogP contribution in [0.5, 0.6) is 5.88 Å². The number of Topliss-reactive ketones (excluding diaryl/α,β-unsaturated/α-hetero) is 1. The number of rotatable bonds is 4. The van der Waals surface area contributed by atoms with Gasteiger partial charge in [-0.2, -0.15) is 0 Å². The fourth-order valence-corrected chi connectivity index (χ4v) is 4.09. The summed E-state index contributed by atoms with van der Waals surface area (Å²) in [5, 5.41) is 0. The first-order valence-electron chi connectivity index (χ1n) is 9.46. The van der Waals surface area contributed by atoms with E-state index in [1.807, 2.05) is 13.1 Å². The van der Waals surface area contributed by atoms with E-state index in [4.69, 9.17) is 4.74 Å². The summed E-state index contributed by atoms with van der Waals surface area (Å²) in [6.45, 7) is 1.05. The molecule has 1 saturated heterocycles. The summed E-state index contributed by atoms with van der Waals surface area (Å²) in [5.74, 6) is 0.506. The second-order valence-electron chi connectivity index (χ2n) is 7.32. The van der Waals surface area contributed by atoms with Crippen molar-refractivity contribution >= 4 is 11.7 Å². The van der Waals surface area contributed by atoms with E-state index in [2.05, 4.69) is 9.97 Å². The predicted octanol–water partition coefficient (Wildman–Crippen LogP) is 2.05. The highest BCUT2D eigenvalue weighted by atomic mass is 16.5. The molecule has 1 aliphatic carbocycles. The highest BCUT2D eigenvalue weighted by molar-refractivity contribution is 5.98. The minimum atomic E-state index is -0.225. The summed E-state index contributed by atoms with van der Waals surface area (Å²) in [5.41, 5.74) is 2.67. The normalized spacial score (nSPS) is 19.0. The van der Waals surface area contributed by atoms with Crippen molar-refractivity contribution in [1.29, 1.82) is 0 Å². The van der Waals surface area contributed by atoms with E-state index in [0.29, 0.717) is 30.4 Å². The molecule has 0 unspecified atom stereocenters. The van der Waals surface area contributed by atoms with Gasteiger partial charge in [-0.15, -0.1) is 0 Å². The molecule has 142 valence electrons. The van der Waals surface area contributed by atoms with Gasteiger partial charge in [0.2, 0.25) is 11.7 Å². The van der Waals surface area contributed by atoms with Crippen LogP contribution in [0.4, 0.5) is 0 Å². The van der Waals surface area contributed by atoms with Gasteiger partial charge in [0.25, 0.3) is 5.91 Å². The van der Waals surface area contributed by atoms with Crippen molar-refractivity contribution in [3.05, 3.63) is 41.1 Å². The molecular weight excluding hydrogens is 344 g/mol. The molecule has 0 bridgehead atoms. The van der Waals surface area contributed by atoms with Gasteiger partial charge in [0.05, 0.1) is 7.11 Å². The maximum Gasteiger partial charge on any atom is 0.259 e. The quantitative estimate of drug-likeness (QED) is 0.772. The molecule has 2 aliphatic rings. The molecule has 0 spiro atoms. The molecule has 1 fully saturated rings. The second kappa shape index (κ2) is 7.13. The summed E-state index contributed by atoms with van der Waals surface area (Å²) in [6, 6.07) is 1.93. The first-order chi connectivity index (χ1) is 13.1. The van der Waals surface area contributed by atoms with Gasteiger partial charge in [0.1, 0.15) is 5.56 Å². The molecule has 2 aromatic rings. The maximum absolute atomic E-state index is 13.2. The van der Waals surface area contributed by atoms with E-state index in [9.17, 15) is 9.59 Å². The number of hydrogen-bond donors (Lipinski definition) is 0. The highest BCUT2D eigenvalue weighted by Gasteiger charge is 2.32. The molecule has 0 N–H and O–H groups in total. The first-order valence-corrected chi connectivity index (χ1v) is 9.46. The lowest BCUT2D eigenvalue weighted by molar-refractivity contribution is 0.0629. The molecule has 1 aliphatic heterocycles. The Hall–Kier alpha value is -2.70. The highest BCUT2D eigenvalue weighted by Crippen LogP contribution is 2.29. The number of ketones is 1. The van der Waals surface area contributed by atoms with Crippen molar-refractivity contribution in [2.45, 2.75) is 32.1 Å². The fourth-order valence-electron chi connectivity index (χ4n) is 4.09. The van der Waals surface area contributed by atoms with E-state index in [-0.39, 0.29) is 17.6 Å². The molecule has 1 atom stereocenters. The standard InChI is InChI=1S/C20H24N4O3/c1-23-10-8-21-18(23)17(25)14-6-4-9-24(12-14)20(26)15-11-13-5-3-7-16(13)22-19(15)27-2/h8,10-11,14H,3-7,9,12H2,1-2H3/t14-/m0/s1. The number of pyridine rings is 1. The van der Waals surface area contributed by atoms with Crippen LogP contribution in [0, 0.1) is 5.92 Å². The van der Waals surface area contributed by atoms with Crippen LogP contribution in [0.2, 0.25) is 0 Å². The molecule has 0 aromatic carbocycles. The maximum atomic E-state index is 13.2. The molecular formula is C20H24N4O3. The number of hydrogen-bond acceptors (Lipinski definition) is 5. The van der Waals surface area contributed by atoms with Crippen LogP contribution in [-0.2, 0) is 19.9 Å². The number of likely N-dealkylation sites (tertiary alicyclic amines) is 1. The Morgan fingerprint density at radius 3 is 2.85 bits per heavy atom. The number of ether oxygens (including phenoxy) is 1. The van der Waals surface area contributed by atoms with Crippen molar-refractivity contribution in [3.8, 4) is 5.88 Å². The molecule has 27 heavy (non-hydrogen) atoms. The van der Waals surface area contributed by atoms with Crippen molar-refractivity contribution in [1.82, 2.24) is 19.4 Å². The Morgan fingerprint density at radius 2 is 2.11 bits per heavy atom. The Kier molecular flexibility index (Phi) is 4.68. The molecule has 3 heterocycles. The van der Waals surface area contributed by atoms with Gasteiger partial charge < -0.3 is 14.2 Å². The average molecular weight is 368 g/mol. The van der Waals surface area contributed by atoms with Gasteiger partial charge >= 0.3 is 0 Å². The van der Waals surface area contributed by atoms with Gasteiger partial charge in [-0.25, -0.2) is 9.97 Å². The molecule has 7 nitrogen and oxygen atoms in total. The number of carbonyl (C=O) groups is 2. The number of amides is 1. The van der Waals surface area contributed by atoms with Crippen LogP contribution >= 0.6 is 0 Å². The number of carbonyl (C=O) groups excluding carboxylic acids is 2. The smallest absolute Gasteiger partial charge is 0.259 e. The Balaban J connectivity index is 1.56. The van der Waals surface area contributed by atoms with Crippen LogP contribution < -0.4 is 4.74 Å². The number of methoxy groups -OCH3 is 1. The van der Waals surface area contributed by atoms with Crippen LogP contribution in [0.25, 0.3) is 0 Å². The summed E-state index contributed by atoms with van der Waals surface area (Å²) in [7, 11) is 3.36. The number of nitrogens with zero attached hydrogens (tertiary/aromatic N) is 4. The monoisotopic (exact) mass is 368 g/mol. The average Bonchev–Trinajstić information content (AvgIpc) is 3.34. The third-order valence-corrected chi connectivity index (χ3v) is 5.56. The van der Waals surface area contributed by atoms with E-state index >= 15 is 0 Å². The third kappa shape index (κ3) is 3.22. The van der Waals surface area contributed by atoms with Crippen LogP contribution in [0.3, 0.4) is 0 Å². The molecule has 2 aromatic heterocycles. The number of imidazole rings is 1. The predicted molar refractivity (Wildman–Crippen MR) is 99.0 cm³/mol. The van der Waals surface area contributed by atoms with Gasteiger partial charge in [-0.3, -0.25) is 9.59 Å². The zero-order valence-electron chi connectivity index (χ0n) is 15.8. The number of piperidine rings is 1. The van der Waals surface area contributed by atoms with Crippen LogP contribution in [0.1, 0.15) is 51.5 Å². The summed E-state index contributed by atoms with van der Waals surface area (Å²) >= 11 is 0. The number of aryl methyl sites for hydroxylation is 3. The largest absolute Gasteiger partial charge is 0.480 e. The SMILES string of the molecule is COc1nc2c(cc1C(=O)N1CCC[C@H](C(=O)c3nccn3C)C1)CCC2. The summed E-state index contributed by atoms with van der Waals surface area (Å²) < 4.78 is 7.13. The molecule has 0 saturated carbocycles. The molecule has 4 rings (SSSR count). The lowest BCUT2D eigenvalue weighted by Crippen LogP contribution is -2.43. The zero-order chi connectivity index (χ0) is 19.0. The van der Waals surface area contributed by atoms with Crippen molar-refractivity contribution < 1.29 is 14.3 Å². The van der Waals surface area contributed by atoms with Crippen LogP contribution in [-0.4, -0.2) is 51.3 Å². The van der Waals surface area contributed by atoms with E-state index < -0.39 is 0 Å². The van der Waals surface area contributed by atoms with Crippen LogP contribution in [0.15, 0.2) is 18.5 Å². The summed E-state index contributed by atoms with van der Waals surface area (Å²) in [4.78, 5) is 36.4. The topological polar surface area (TPSA) is 77.3 Å². The number of fused-ring (bicyclic) bond motifs is 1. The van der Waals surface area contributed by atoms with E-state index in [0.717, 1.165) is 43.4 Å². The zero-order valence-corrected chi connectivity index (χ0v) is 15.8. The molecule has 1 amide bonds. The lowest BCUT2D eigenvalue weighted by atomic mass is 9.92.